The van der Waals surface area contributed by atoms with Gasteiger partial charge in [-0.1, -0.05) is 0 Å². The number of carbonyl (C=O) groups excluding carboxylic acids is 1. The quantitative estimate of drug-likeness (QED) is 0.814. The van der Waals surface area contributed by atoms with E-state index in [-0.39, 0.29) is 23.2 Å². The highest BCUT2D eigenvalue weighted by Crippen LogP contribution is 2.39. The standard InChI is InChI=1S/C18H23N3O4S/c1-20-18(25-2)15-7-4-11(8-16(15)19-20)17(22)21-12-5-6-13(21)10-14(9-12)26(3,23)24/h4,7-8,12-14H,5-6,9-10H2,1-3H3. The van der Waals surface area contributed by atoms with E-state index in [2.05, 4.69) is 5.10 Å². The van der Waals surface area contributed by atoms with Crippen LogP contribution < -0.4 is 4.74 Å². The summed E-state index contributed by atoms with van der Waals surface area (Å²) in [5.74, 6) is 0.629. The lowest BCUT2D eigenvalue weighted by Crippen LogP contribution is -2.49. The fourth-order valence-corrected chi connectivity index (χ4v) is 5.65. The maximum atomic E-state index is 13.1. The third-order valence-corrected chi connectivity index (χ3v) is 7.35. The summed E-state index contributed by atoms with van der Waals surface area (Å²) >= 11 is 0. The highest BCUT2D eigenvalue weighted by Gasteiger charge is 2.46. The number of carbonyl (C=O) groups is 1. The van der Waals surface area contributed by atoms with Crippen LogP contribution >= 0.6 is 0 Å². The number of fused-ring (bicyclic) bond motifs is 3. The van der Waals surface area contributed by atoms with E-state index < -0.39 is 9.84 Å². The van der Waals surface area contributed by atoms with Gasteiger partial charge in [0.05, 0.1) is 23.3 Å². The molecule has 0 spiro atoms. The van der Waals surface area contributed by atoms with Gasteiger partial charge in [-0.25, -0.2) is 13.1 Å². The van der Waals surface area contributed by atoms with Crippen molar-refractivity contribution in [3.05, 3.63) is 23.8 Å². The van der Waals surface area contributed by atoms with Crippen molar-refractivity contribution in [1.82, 2.24) is 14.7 Å². The number of rotatable bonds is 3. The predicted molar refractivity (Wildman–Crippen MR) is 98.1 cm³/mol. The molecule has 0 saturated carbocycles. The van der Waals surface area contributed by atoms with Crippen molar-refractivity contribution in [2.24, 2.45) is 7.05 Å². The molecule has 3 heterocycles. The Balaban J connectivity index is 1.63. The second kappa shape index (κ2) is 5.97. The monoisotopic (exact) mass is 377 g/mol. The van der Waals surface area contributed by atoms with Crippen molar-refractivity contribution in [3.8, 4) is 5.88 Å². The molecular formula is C18H23N3O4S. The topological polar surface area (TPSA) is 81.5 Å². The Kier molecular flexibility index (Phi) is 3.98. The zero-order valence-electron chi connectivity index (χ0n) is 15.2. The van der Waals surface area contributed by atoms with Crippen LogP contribution in [0.4, 0.5) is 0 Å². The molecule has 2 atom stereocenters. The molecule has 1 aromatic carbocycles. The van der Waals surface area contributed by atoms with Crippen LogP contribution in [0.25, 0.3) is 10.9 Å². The fourth-order valence-electron chi connectivity index (χ4n) is 4.51. The van der Waals surface area contributed by atoms with Gasteiger partial charge in [-0.05, 0) is 43.9 Å². The van der Waals surface area contributed by atoms with Gasteiger partial charge in [-0.15, -0.1) is 0 Å². The Hall–Kier alpha value is -2.09. The third kappa shape index (κ3) is 2.67. The van der Waals surface area contributed by atoms with Gasteiger partial charge in [0, 0.05) is 31.0 Å². The Labute approximate surface area is 152 Å². The minimum Gasteiger partial charge on any atom is -0.481 e. The molecule has 2 aromatic rings. The summed E-state index contributed by atoms with van der Waals surface area (Å²) < 4.78 is 30.9. The first-order valence-corrected chi connectivity index (χ1v) is 10.8. The van der Waals surface area contributed by atoms with Crippen LogP contribution in [0, 0.1) is 0 Å². The van der Waals surface area contributed by atoms with Crippen molar-refractivity contribution in [1.29, 1.82) is 0 Å². The summed E-state index contributed by atoms with van der Waals surface area (Å²) in [5.41, 5.74) is 1.31. The van der Waals surface area contributed by atoms with Gasteiger partial charge in [0.2, 0.25) is 5.88 Å². The lowest BCUT2D eigenvalue weighted by Gasteiger charge is -2.38. The highest BCUT2D eigenvalue weighted by atomic mass is 32.2. The normalized spacial score (nSPS) is 25.7. The molecule has 2 fully saturated rings. The smallest absolute Gasteiger partial charge is 0.254 e. The van der Waals surface area contributed by atoms with Crippen LogP contribution in [0.2, 0.25) is 0 Å². The molecule has 26 heavy (non-hydrogen) atoms. The van der Waals surface area contributed by atoms with Gasteiger partial charge < -0.3 is 9.64 Å². The lowest BCUT2D eigenvalue weighted by molar-refractivity contribution is 0.0598. The molecule has 0 aliphatic carbocycles. The zero-order chi connectivity index (χ0) is 18.6. The number of nitrogens with zero attached hydrogens (tertiary/aromatic N) is 3. The summed E-state index contributed by atoms with van der Waals surface area (Å²) in [6.07, 6.45) is 4.14. The van der Waals surface area contributed by atoms with Gasteiger partial charge >= 0.3 is 0 Å². The number of hydrogen-bond acceptors (Lipinski definition) is 5. The fraction of sp³-hybridized carbons (Fsp3) is 0.556. The summed E-state index contributed by atoms with van der Waals surface area (Å²) in [6.45, 7) is 0. The number of hydrogen-bond donors (Lipinski definition) is 0. The first-order chi connectivity index (χ1) is 12.3. The number of piperidine rings is 1. The van der Waals surface area contributed by atoms with E-state index in [0.717, 1.165) is 18.2 Å². The summed E-state index contributed by atoms with van der Waals surface area (Å²) in [5, 5.41) is 4.95. The SMILES string of the molecule is COc1c2ccc(C(=O)N3C4CCC3CC(S(C)(=O)=O)C4)cc2nn1C. The molecule has 0 radical (unpaired) electrons. The minimum atomic E-state index is -3.06. The maximum Gasteiger partial charge on any atom is 0.254 e. The Morgan fingerprint density at radius 2 is 1.88 bits per heavy atom. The molecule has 4 rings (SSSR count). The van der Waals surface area contributed by atoms with Gasteiger partial charge in [-0.2, -0.15) is 5.10 Å². The molecule has 7 nitrogen and oxygen atoms in total. The van der Waals surface area contributed by atoms with Crippen molar-refractivity contribution in [3.63, 3.8) is 0 Å². The number of sulfone groups is 1. The molecule has 0 N–H and O–H groups in total. The molecule has 2 aliphatic rings. The summed E-state index contributed by atoms with van der Waals surface area (Å²) in [7, 11) is 0.335. The Morgan fingerprint density at radius 3 is 2.46 bits per heavy atom. The number of amides is 1. The van der Waals surface area contributed by atoms with E-state index in [1.54, 1.807) is 31.0 Å². The van der Waals surface area contributed by atoms with Gasteiger partial charge in [-0.3, -0.25) is 4.79 Å². The van der Waals surface area contributed by atoms with E-state index in [1.807, 2.05) is 11.0 Å². The average Bonchev–Trinajstić information content (AvgIpc) is 3.04. The van der Waals surface area contributed by atoms with Crippen molar-refractivity contribution < 1.29 is 17.9 Å². The largest absolute Gasteiger partial charge is 0.481 e. The van der Waals surface area contributed by atoms with E-state index in [1.165, 1.54) is 6.26 Å². The zero-order valence-corrected chi connectivity index (χ0v) is 16.0. The highest BCUT2D eigenvalue weighted by molar-refractivity contribution is 7.91. The molecule has 1 amide bonds. The number of aryl methyl sites for hydroxylation is 1. The Bertz CT molecular complexity index is 968. The maximum absolute atomic E-state index is 13.1. The van der Waals surface area contributed by atoms with Crippen molar-refractivity contribution >= 4 is 26.6 Å². The van der Waals surface area contributed by atoms with E-state index in [4.69, 9.17) is 4.74 Å². The number of benzene rings is 1. The van der Waals surface area contributed by atoms with Crippen LogP contribution in [0.15, 0.2) is 18.2 Å². The van der Waals surface area contributed by atoms with E-state index in [9.17, 15) is 13.2 Å². The lowest BCUT2D eigenvalue weighted by atomic mass is 10.0. The van der Waals surface area contributed by atoms with Crippen LogP contribution in [0.3, 0.4) is 0 Å². The number of aromatic nitrogens is 2. The van der Waals surface area contributed by atoms with E-state index in [0.29, 0.717) is 29.8 Å². The Morgan fingerprint density at radius 1 is 1.23 bits per heavy atom. The predicted octanol–water partition coefficient (Wildman–Crippen LogP) is 1.76. The summed E-state index contributed by atoms with van der Waals surface area (Å²) in [4.78, 5) is 15.0. The van der Waals surface area contributed by atoms with Gasteiger partial charge in [0.15, 0.2) is 0 Å². The van der Waals surface area contributed by atoms with Crippen molar-refractivity contribution in [2.45, 2.75) is 43.0 Å². The summed E-state index contributed by atoms with van der Waals surface area (Å²) in [6, 6.07) is 5.48. The first kappa shape index (κ1) is 17.3. The van der Waals surface area contributed by atoms with Crippen LogP contribution in [0.5, 0.6) is 5.88 Å². The molecule has 2 unspecified atom stereocenters. The second-order valence-corrected chi connectivity index (χ2v) is 9.71. The molecule has 1 aromatic heterocycles. The third-order valence-electron chi connectivity index (χ3n) is 5.75. The molecule has 2 saturated heterocycles. The van der Waals surface area contributed by atoms with Gasteiger partial charge in [0.1, 0.15) is 9.84 Å². The van der Waals surface area contributed by atoms with Gasteiger partial charge in [0.25, 0.3) is 5.91 Å². The van der Waals surface area contributed by atoms with Crippen molar-refractivity contribution in [2.75, 3.05) is 13.4 Å². The second-order valence-electron chi connectivity index (χ2n) is 7.39. The average molecular weight is 377 g/mol. The van der Waals surface area contributed by atoms with Crippen LogP contribution in [-0.2, 0) is 16.9 Å². The molecule has 8 heteroatoms. The van der Waals surface area contributed by atoms with E-state index >= 15 is 0 Å². The van der Waals surface area contributed by atoms with Crippen LogP contribution in [-0.4, -0.2) is 59.7 Å². The number of methoxy groups -OCH3 is 1. The first-order valence-electron chi connectivity index (χ1n) is 8.82. The van der Waals surface area contributed by atoms with Crippen LogP contribution in [0.1, 0.15) is 36.0 Å². The number of ether oxygens (including phenoxy) is 1. The molecule has 2 bridgehead atoms. The molecular weight excluding hydrogens is 354 g/mol. The molecule has 2 aliphatic heterocycles. The molecule has 140 valence electrons. The minimum absolute atomic E-state index is 0.00920.